The van der Waals surface area contributed by atoms with Gasteiger partial charge in [0.2, 0.25) is 0 Å². The van der Waals surface area contributed by atoms with Gasteiger partial charge >= 0.3 is 0 Å². The van der Waals surface area contributed by atoms with Crippen LogP contribution in [0.3, 0.4) is 0 Å². The van der Waals surface area contributed by atoms with Crippen molar-refractivity contribution in [3.8, 4) is 0 Å². The van der Waals surface area contributed by atoms with Crippen LogP contribution in [-0.4, -0.2) is 18.4 Å². The molecule has 92 valence electrons. The molecule has 1 aromatic rings. The second-order valence-corrected chi connectivity index (χ2v) is 6.35. The number of fused-ring (bicyclic) bond motifs is 1. The zero-order valence-corrected chi connectivity index (χ0v) is 11.1. The molecule has 0 amide bonds. The van der Waals surface area contributed by atoms with Crippen LogP contribution in [0, 0.1) is 18.8 Å². The summed E-state index contributed by atoms with van der Waals surface area (Å²) in [5.74, 6) is 1.94. The maximum atomic E-state index is 12.2. The number of Topliss-reactive ketones (excluding diaryl/α,β-unsaturated/α-hetero) is 1. The van der Waals surface area contributed by atoms with E-state index in [9.17, 15) is 4.79 Å². The molecule has 1 aliphatic heterocycles. The Kier molecular flexibility index (Phi) is 3.05. The average molecular weight is 249 g/mol. The summed E-state index contributed by atoms with van der Waals surface area (Å²) in [6.45, 7) is 3.16. The first-order valence-electron chi connectivity index (χ1n) is 6.56. The first-order valence-corrected chi connectivity index (χ1v) is 7.44. The van der Waals surface area contributed by atoms with Crippen molar-refractivity contribution < 1.29 is 4.79 Å². The lowest BCUT2D eigenvalue weighted by Crippen LogP contribution is -2.29. The molecule has 0 aromatic carbocycles. The molecule has 3 heteroatoms. The number of thiophene rings is 1. The molecule has 3 atom stereocenters. The predicted octanol–water partition coefficient (Wildman–Crippen LogP) is 3.02. The largest absolute Gasteiger partial charge is 0.313 e. The highest BCUT2D eigenvalue weighted by Crippen LogP contribution is 2.39. The summed E-state index contributed by atoms with van der Waals surface area (Å²) in [7, 11) is 0. The lowest BCUT2D eigenvalue weighted by molar-refractivity contribution is 0.0967. The number of hydrogen-bond donors (Lipinski definition) is 1. The van der Waals surface area contributed by atoms with Gasteiger partial charge < -0.3 is 5.32 Å². The lowest BCUT2D eigenvalue weighted by Gasteiger charge is -2.17. The third kappa shape index (κ3) is 2.06. The molecular formula is C14H19NOS. The normalized spacial score (nSPS) is 31.7. The van der Waals surface area contributed by atoms with Gasteiger partial charge in [-0.3, -0.25) is 4.79 Å². The summed E-state index contributed by atoms with van der Waals surface area (Å²) in [5, 5.41) is 5.57. The molecule has 2 fully saturated rings. The minimum Gasteiger partial charge on any atom is -0.313 e. The Labute approximate surface area is 106 Å². The Morgan fingerprint density at radius 2 is 2.41 bits per heavy atom. The topological polar surface area (TPSA) is 29.1 Å². The molecule has 1 aliphatic carbocycles. The average Bonchev–Trinajstić information content (AvgIpc) is 2.96. The Bertz CT molecular complexity index is 426. The Hall–Kier alpha value is -0.670. The molecule has 17 heavy (non-hydrogen) atoms. The summed E-state index contributed by atoms with van der Waals surface area (Å²) >= 11 is 1.59. The molecule has 1 saturated carbocycles. The van der Waals surface area contributed by atoms with Crippen LogP contribution in [0.1, 0.15) is 40.9 Å². The van der Waals surface area contributed by atoms with Gasteiger partial charge in [0.1, 0.15) is 0 Å². The zero-order valence-electron chi connectivity index (χ0n) is 10.2. The van der Waals surface area contributed by atoms with Gasteiger partial charge in [-0.05, 0) is 55.2 Å². The van der Waals surface area contributed by atoms with Crippen LogP contribution in [0.15, 0.2) is 11.4 Å². The molecule has 2 nitrogen and oxygen atoms in total. The van der Waals surface area contributed by atoms with Crippen LogP contribution in [0.25, 0.3) is 0 Å². The van der Waals surface area contributed by atoms with Crippen molar-refractivity contribution in [2.75, 3.05) is 6.54 Å². The van der Waals surface area contributed by atoms with E-state index in [0.29, 0.717) is 18.2 Å². The van der Waals surface area contributed by atoms with Crippen LogP contribution in [0.4, 0.5) is 0 Å². The molecule has 2 aliphatic rings. The first kappa shape index (κ1) is 11.4. The minimum atomic E-state index is 0.336. The SMILES string of the molecule is Cc1ccsc1C(=O)CC1NCC2CCCC21. The van der Waals surface area contributed by atoms with E-state index in [0.717, 1.165) is 28.8 Å². The molecule has 3 rings (SSSR count). The summed E-state index contributed by atoms with van der Waals surface area (Å²) in [5.41, 5.74) is 1.14. The highest BCUT2D eigenvalue weighted by molar-refractivity contribution is 7.12. The highest BCUT2D eigenvalue weighted by Gasteiger charge is 2.39. The van der Waals surface area contributed by atoms with Crippen molar-refractivity contribution in [2.45, 2.75) is 38.6 Å². The fraction of sp³-hybridized carbons (Fsp3) is 0.643. The maximum absolute atomic E-state index is 12.2. The quantitative estimate of drug-likeness (QED) is 0.834. The van der Waals surface area contributed by atoms with Crippen molar-refractivity contribution in [2.24, 2.45) is 11.8 Å². The third-order valence-corrected chi connectivity index (χ3v) is 5.46. The summed E-state index contributed by atoms with van der Waals surface area (Å²) in [6, 6.07) is 2.48. The van der Waals surface area contributed by atoms with Gasteiger partial charge in [0.25, 0.3) is 0 Å². The van der Waals surface area contributed by atoms with Crippen LogP contribution in [0.2, 0.25) is 0 Å². The Morgan fingerprint density at radius 3 is 3.18 bits per heavy atom. The zero-order chi connectivity index (χ0) is 11.8. The van der Waals surface area contributed by atoms with E-state index in [-0.39, 0.29) is 0 Å². The van der Waals surface area contributed by atoms with Crippen LogP contribution < -0.4 is 5.32 Å². The van der Waals surface area contributed by atoms with Crippen molar-refractivity contribution in [3.05, 3.63) is 21.9 Å². The molecule has 1 aromatic heterocycles. The van der Waals surface area contributed by atoms with Gasteiger partial charge in [-0.1, -0.05) is 6.42 Å². The van der Waals surface area contributed by atoms with E-state index in [2.05, 4.69) is 5.32 Å². The van der Waals surface area contributed by atoms with Crippen molar-refractivity contribution in [1.82, 2.24) is 5.32 Å². The van der Waals surface area contributed by atoms with Crippen LogP contribution in [0.5, 0.6) is 0 Å². The highest BCUT2D eigenvalue weighted by atomic mass is 32.1. The van der Waals surface area contributed by atoms with Crippen LogP contribution in [-0.2, 0) is 0 Å². The number of ketones is 1. The monoisotopic (exact) mass is 249 g/mol. The minimum absolute atomic E-state index is 0.336. The maximum Gasteiger partial charge on any atom is 0.174 e. The Balaban J connectivity index is 1.68. The molecule has 0 spiro atoms. The standard InChI is InChI=1S/C14H19NOS/c1-9-5-6-17-14(9)13(16)7-12-11-4-2-3-10(11)8-15-12/h5-6,10-12,15H,2-4,7-8H2,1H3. The van der Waals surface area contributed by atoms with Gasteiger partial charge in [0.15, 0.2) is 5.78 Å². The molecule has 0 radical (unpaired) electrons. The summed E-state index contributed by atoms with van der Waals surface area (Å²) < 4.78 is 0. The lowest BCUT2D eigenvalue weighted by atomic mass is 9.91. The van der Waals surface area contributed by atoms with E-state index in [1.807, 2.05) is 18.4 Å². The van der Waals surface area contributed by atoms with E-state index >= 15 is 0 Å². The van der Waals surface area contributed by atoms with E-state index in [4.69, 9.17) is 0 Å². The summed E-state index contributed by atoms with van der Waals surface area (Å²) in [4.78, 5) is 13.2. The number of carbonyl (C=O) groups excluding carboxylic acids is 1. The molecule has 2 heterocycles. The van der Waals surface area contributed by atoms with E-state index in [1.165, 1.54) is 19.3 Å². The van der Waals surface area contributed by atoms with Gasteiger partial charge in [0, 0.05) is 12.5 Å². The van der Waals surface area contributed by atoms with Crippen molar-refractivity contribution in [1.29, 1.82) is 0 Å². The Morgan fingerprint density at radius 1 is 1.53 bits per heavy atom. The fourth-order valence-corrected chi connectivity index (χ4v) is 4.35. The number of nitrogens with one attached hydrogen (secondary N) is 1. The second kappa shape index (κ2) is 4.54. The van der Waals surface area contributed by atoms with Gasteiger partial charge in [-0.15, -0.1) is 11.3 Å². The molecule has 1 N–H and O–H groups in total. The van der Waals surface area contributed by atoms with Crippen molar-refractivity contribution >= 4 is 17.1 Å². The predicted molar refractivity (Wildman–Crippen MR) is 70.6 cm³/mol. The second-order valence-electron chi connectivity index (χ2n) is 5.43. The van der Waals surface area contributed by atoms with E-state index < -0.39 is 0 Å². The molecular weight excluding hydrogens is 230 g/mol. The summed E-state index contributed by atoms with van der Waals surface area (Å²) in [6.07, 6.45) is 4.74. The fourth-order valence-electron chi connectivity index (χ4n) is 3.48. The van der Waals surface area contributed by atoms with E-state index in [1.54, 1.807) is 11.3 Å². The van der Waals surface area contributed by atoms with Gasteiger partial charge in [-0.2, -0.15) is 0 Å². The number of rotatable bonds is 3. The molecule has 1 saturated heterocycles. The molecule has 3 unspecified atom stereocenters. The number of carbonyl (C=O) groups is 1. The molecule has 0 bridgehead atoms. The van der Waals surface area contributed by atoms with Gasteiger partial charge in [-0.25, -0.2) is 0 Å². The van der Waals surface area contributed by atoms with Crippen LogP contribution >= 0.6 is 11.3 Å². The third-order valence-electron chi connectivity index (χ3n) is 4.40. The first-order chi connectivity index (χ1) is 8.25. The smallest absolute Gasteiger partial charge is 0.174 e. The number of hydrogen-bond acceptors (Lipinski definition) is 3. The van der Waals surface area contributed by atoms with Crippen molar-refractivity contribution in [3.63, 3.8) is 0 Å². The number of aryl methyl sites for hydroxylation is 1. The van der Waals surface area contributed by atoms with Gasteiger partial charge in [0.05, 0.1) is 4.88 Å².